The Kier molecular flexibility index (Phi) is 5.38. The van der Waals surface area contributed by atoms with E-state index in [1.807, 2.05) is 0 Å². The van der Waals surface area contributed by atoms with Gasteiger partial charge in [0.1, 0.15) is 11.1 Å². The minimum Gasteiger partial charge on any atom is -0.330 e. The van der Waals surface area contributed by atoms with E-state index in [9.17, 15) is 10.1 Å². The molecule has 2 rings (SSSR count). The summed E-state index contributed by atoms with van der Waals surface area (Å²) in [6.45, 7) is 4.80. The lowest BCUT2D eigenvalue weighted by molar-refractivity contribution is -0.117. The first-order valence-corrected chi connectivity index (χ1v) is 8.41. The predicted octanol–water partition coefficient (Wildman–Crippen LogP) is 3.06. The normalized spacial score (nSPS) is 14.8. The number of hydrogen-bond acceptors (Lipinski definition) is 4. The summed E-state index contributed by atoms with van der Waals surface area (Å²) >= 11 is 1.56. The highest BCUT2D eigenvalue weighted by Crippen LogP contribution is 2.38. The Labute approximate surface area is 130 Å². The van der Waals surface area contributed by atoms with Gasteiger partial charge in [-0.2, -0.15) is 5.26 Å². The fourth-order valence-corrected chi connectivity index (χ4v) is 4.24. The zero-order valence-corrected chi connectivity index (χ0v) is 13.6. The zero-order chi connectivity index (χ0) is 15.4. The Bertz CT molecular complexity index is 557. The van der Waals surface area contributed by atoms with E-state index >= 15 is 0 Å². The molecular weight excluding hydrogens is 282 g/mol. The van der Waals surface area contributed by atoms with Gasteiger partial charge >= 0.3 is 0 Å². The van der Waals surface area contributed by atoms with Crippen LogP contribution < -0.4 is 11.1 Å². The highest BCUT2D eigenvalue weighted by molar-refractivity contribution is 7.16. The maximum Gasteiger partial charge on any atom is 0.225 e. The average Bonchev–Trinajstić information content (AvgIpc) is 2.97. The molecule has 0 aromatic carbocycles. The summed E-state index contributed by atoms with van der Waals surface area (Å²) < 4.78 is 0. The first kappa shape index (κ1) is 16.0. The number of nitrogens with zero attached hydrogens (tertiary/aromatic N) is 1. The smallest absolute Gasteiger partial charge is 0.225 e. The first-order valence-electron chi connectivity index (χ1n) is 7.59. The van der Waals surface area contributed by atoms with E-state index in [0.29, 0.717) is 24.4 Å². The lowest BCUT2D eigenvalue weighted by Gasteiger charge is -2.16. The quantitative estimate of drug-likeness (QED) is 0.847. The number of carbonyl (C=O) groups excluding carboxylic acids is 1. The molecule has 114 valence electrons. The summed E-state index contributed by atoms with van der Waals surface area (Å²) in [5.41, 5.74) is 7.57. The van der Waals surface area contributed by atoms with Crippen LogP contribution in [0, 0.1) is 23.2 Å². The van der Waals surface area contributed by atoms with Crippen LogP contribution in [0.3, 0.4) is 0 Å². The van der Waals surface area contributed by atoms with Gasteiger partial charge in [0.05, 0.1) is 5.56 Å². The van der Waals surface area contributed by atoms with Crippen molar-refractivity contribution in [3.63, 3.8) is 0 Å². The Balaban J connectivity index is 2.02. The number of rotatable bonds is 6. The van der Waals surface area contributed by atoms with Crippen molar-refractivity contribution in [3.8, 4) is 6.07 Å². The fourth-order valence-electron chi connectivity index (χ4n) is 2.98. The highest BCUT2D eigenvalue weighted by atomic mass is 32.1. The van der Waals surface area contributed by atoms with Crippen LogP contribution in [0.25, 0.3) is 0 Å². The summed E-state index contributed by atoms with van der Waals surface area (Å²) in [7, 11) is 0. The maximum atomic E-state index is 12.2. The van der Waals surface area contributed by atoms with Gasteiger partial charge in [0.2, 0.25) is 5.91 Å². The number of nitriles is 1. The molecule has 0 aliphatic heterocycles. The second kappa shape index (κ2) is 7.06. The molecule has 1 aliphatic carbocycles. The van der Waals surface area contributed by atoms with Gasteiger partial charge in [-0.15, -0.1) is 11.3 Å². The minimum atomic E-state index is -0.0254. The fraction of sp³-hybridized carbons (Fsp3) is 0.625. The summed E-state index contributed by atoms with van der Waals surface area (Å²) in [6, 6.07) is 2.25. The monoisotopic (exact) mass is 305 g/mol. The summed E-state index contributed by atoms with van der Waals surface area (Å²) in [5.74, 6) is 0.719. The van der Waals surface area contributed by atoms with Crippen LogP contribution in [0.5, 0.6) is 0 Å². The van der Waals surface area contributed by atoms with Crippen molar-refractivity contribution in [2.75, 3.05) is 11.9 Å². The van der Waals surface area contributed by atoms with Gasteiger partial charge in [-0.25, -0.2) is 0 Å². The Morgan fingerprint density at radius 3 is 2.86 bits per heavy atom. The van der Waals surface area contributed by atoms with E-state index in [2.05, 4.69) is 25.2 Å². The summed E-state index contributed by atoms with van der Waals surface area (Å²) in [4.78, 5) is 13.5. The van der Waals surface area contributed by atoms with E-state index in [1.54, 1.807) is 11.3 Å². The third kappa shape index (κ3) is 3.84. The van der Waals surface area contributed by atoms with Gasteiger partial charge in [-0.3, -0.25) is 4.79 Å². The van der Waals surface area contributed by atoms with Crippen molar-refractivity contribution in [2.24, 2.45) is 17.6 Å². The van der Waals surface area contributed by atoms with Gasteiger partial charge in [-0.05, 0) is 49.6 Å². The van der Waals surface area contributed by atoms with Crippen LogP contribution in [0.4, 0.5) is 5.00 Å². The second-order valence-electron chi connectivity index (χ2n) is 6.16. The topological polar surface area (TPSA) is 78.9 Å². The van der Waals surface area contributed by atoms with Crippen LogP contribution in [-0.2, 0) is 17.6 Å². The molecule has 4 nitrogen and oxygen atoms in total. The van der Waals surface area contributed by atoms with Crippen molar-refractivity contribution in [1.82, 2.24) is 0 Å². The molecule has 1 aromatic rings. The maximum absolute atomic E-state index is 12.2. The first-order chi connectivity index (χ1) is 10.0. The molecule has 0 radical (unpaired) electrons. The molecule has 5 heteroatoms. The highest BCUT2D eigenvalue weighted by Gasteiger charge is 2.23. The standard InChI is InChI=1S/C16H23N3OS/c1-10(2)6-11(8-17)7-15(20)19-16-13(9-18)12-4-3-5-14(12)21-16/h10-11H,3-8,17H2,1-2H3,(H,19,20). The molecule has 21 heavy (non-hydrogen) atoms. The third-order valence-electron chi connectivity index (χ3n) is 3.90. The van der Waals surface area contributed by atoms with Crippen molar-refractivity contribution in [3.05, 3.63) is 16.0 Å². The van der Waals surface area contributed by atoms with Crippen molar-refractivity contribution < 1.29 is 4.79 Å². The molecule has 1 aromatic heterocycles. The van der Waals surface area contributed by atoms with Crippen molar-refractivity contribution in [1.29, 1.82) is 5.26 Å². The lowest BCUT2D eigenvalue weighted by Crippen LogP contribution is -2.23. The number of amides is 1. The van der Waals surface area contributed by atoms with Crippen LogP contribution in [0.2, 0.25) is 0 Å². The number of hydrogen-bond donors (Lipinski definition) is 2. The Morgan fingerprint density at radius 2 is 2.24 bits per heavy atom. The molecule has 0 saturated heterocycles. The molecular formula is C16H23N3OS. The van der Waals surface area contributed by atoms with Crippen LogP contribution >= 0.6 is 11.3 Å². The Morgan fingerprint density at radius 1 is 1.48 bits per heavy atom. The van der Waals surface area contributed by atoms with E-state index in [1.165, 1.54) is 4.88 Å². The van der Waals surface area contributed by atoms with Crippen molar-refractivity contribution in [2.45, 2.75) is 46.0 Å². The molecule has 0 fully saturated rings. The number of thiophene rings is 1. The molecule has 1 aliphatic rings. The molecule has 3 N–H and O–H groups in total. The molecule has 1 unspecified atom stereocenters. The third-order valence-corrected chi connectivity index (χ3v) is 5.11. The lowest BCUT2D eigenvalue weighted by atomic mass is 9.94. The molecule has 1 heterocycles. The average molecular weight is 305 g/mol. The summed E-state index contributed by atoms with van der Waals surface area (Å²) in [6.07, 6.45) is 4.50. The van der Waals surface area contributed by atoms with Gasteiger partial charge < -0.3 is 11.1 Å². The molecule has 1 atom stereocenters. The SMILES string of the molecule is CC(C)CC(CN)CC(=O)Nc1sc2c(c1C#N)CCC2. The largest absolute Gasteiger partial charge is 0.330 e. The number of nitrogens with two attached hydrogens (primary N) is 1. The van der Waals surface area contributed by atoms with E-state index in [4.69, 9.17) is 5.73 Å². The second-order valence-corrected chi connectivity index (χ2v) is 7.26. The van der Waals surface area contributed by atoms with E-state index < -0.39 is 0 Å². The van der Waals surface area contributed by atoms with Crippen LogP contribution in [0.1, 0.15) is 49.1 Å². The van der Waals surface area contributed by atoms with Gasteiger partial charge in [0, 0.05) is 11.3 Å². The molecule has 0 spiro atoms. The van der Waals surface area contributed by atoms with Crippen molar-refractivity contribution >= 4 is 22.2 Å². The van der Waals surface area contributed by atoms with Gasteiger partial charge in [0.25, 0.3) is 0 Å². The van der Waals surface area contributed by atoms with E-state index in [0.717, 1.165) is 36.2 Å². The zero-order valence-electron chi connectivity index (χ0n) is 12.7. The van der Waals surface area contributed by atoms with Gasteiger partial charge in [-0.1, -0.05) is 13.8 Å². The number of fused-ring (bicyclic) bond motifs is 1. The van der Waals surface area contributed by atoms with Crippen LogP contribution in [0.15, 0.2) is 0 Å². The molecule has 0 bridgehead atoms. The minimum absolute atomic E-state index is 0.0254. The number of nitrogens with one attached hydrogen (secondary N) is 1. The predicted molar refractivity (Wildman–Crippen MR) is 86.3 cm³/mol. The van der Waals surface area contributed by atoms with Crippen LogP contribution in [-0.4, -0.2) is 12.5 Å². The van der Waals surface area contributed by atoms with E-state index in [-0.39, 0.29) is 11.8 Å². The van der Waals surface area contributed by atoms with Gasteiger partial charge in [0.15, 0.2) is 0 Å². The molecule has 1 amide bonds. The number of carbonyl (C=O) groups is 1. The summed E-state index contributed by atoms with van der Waals surface area (Å²) in [5, 5.41) is 13.0. The molecule has 0 saturated carbocycles. The Hall–Kier alpha value is -1.38. The number of aryl methyl sites for hydroxylation is 1. The number of anilines is 1.